The largest absolute Gasteiger partial charge is 0.378 e. The van der Waals surface area contributed by atoms with Crippen molar-refractivity contribution in [2.75, 3.05) is 30.4 Å². The van der Waals surface area contributed by atoms with Crippen molar-refractivity contribution >= 4 is 23.3 Å². The lowest BCUT2D eigenvalue weighted by Crippen LogP contribution is -2.48. The fourth-order valence-electron chi connectivity index (χ4n) is 2.18. The number of carbonyl (C=O) groups excluding carboxylic acids is 2. The quantitative estimate of drug-likeness (QED) is 0.665. The minimum atomic E-state index is -0.323. The maximum atomic E-state index is 12.0. The maximum absolute atomic E-state index is 12.0. The van der Waals surface area contributed by atoms with E-state index in [4.69, 9.17) is 4.74 Å². The highest BCUT2D eigenvalue weighted by Crippen LogP contribution is 2.19. The number of anilines is 2. The van der Waals surface area contributed by atoms with E-state index in [9.17, 15) is 9.59 Å². The van der Waals surface area contributed by atoms with E-state index in [1.54, 1.807) is 24.3 Å². The molecular formula is C15H20N4O3. The van der Waals surface area contributed by atoms with Crippen LogP contribution in [0.15, 0.2) is 24.3 Å². The van der Waals surface area contributed by atoms with Crippen LogP contribution in [0, 0.1) is 0 Å². The molecule has 2 aliphatic rings. The van der Waals surface area contributed by atoms with Gasteiger partial charge in [0.15, 0.2) is 0 Å². The molecule has 1 aromatic carbocycles. The van der Waals surface area contributed by atoms with E-state index in [0.29, 0.717) is 37.2 Å². The van der Waals surface area contributed by atoms with Crippen molar-refractivity contribution in [1.82, 2.24) is 10.6 Å². The Balaban J connectivity index is 1.49. The number of nitrogens with one attached hydrogen (secondary N) is 4. The van der Waals surface area contributed by atoms with Crippen LogP contribution in [-0.4, -0.2) is 43.8 Å². The lowest BCUT2D eigenvalue weighted by atomic mass is 10.2. The third-order valence-corrected chi connectivity index (χ3v) is 3.56. The van der Waals surface area contributed by atoms with Gasteiger partial charge in [0, 0.05) is 24.0 Å². The number of hydrogen-bond acceptors (Lipinski definition) is 4. The number of ether oxygens (including phenoxy) is 1. The molecule has 3 amide bonds. The molecule has 22 heavy (non-hydrogen) atoms. The highest BCUT2D eigenvalue weighted by atomic mass is 16.5. The molecule has 0 aromatic heterocycles. The van der Waals surface area contributed by atoms with E-state index >= 15 is 0 Å². The van der Waals surface area contributed by atoms with Crippen LogP contribution >= 0.6 is 0 Å². The Morgan fingerprint density at radius 3 is 2.36 bits per heavy atom. The molecule has 7 nitrogen and oxygen atoms in total. The standard InChI is InChI=1S/C15H20N4O3/c20-14(13-9-22-8-7-16-13)17-10-1-3-11(4-2-10)18-15(21)19-12-5-6-12/h1-4,12-13,16H,5-9H2,(H,17,20)(H2,18,19,21). The Hall–Kier alpha value is -2.12. The Bertz CT molecular complexity index is 536. The van der Waals surface area contributed by atoms with Crippen LogP contribution in [0.25, 0.3) is 0 Å². The molecule has 0 spiro atoms. The minimum absolute atomic E-state index is 0.119. The summed E-state index contributed by atoms with van der Waals surface area (Å²) in [6.07, 6.45) is 2.11. The molecule has 7 heteroatoms. The zero-order chi connectivity index (χ0) is 15.4. The van der Waals surface area contributed by atoms with Crippen LogP contribution < -0.4 is 21.3 Å². The summed E-state index contributed by atoms with van der Waals surface area (Å²) in [6, 6.07) is 6.84. The van der Waals surface area contributed by atoms with Gasteiger partial charge in [0.1, 0.15) is 6.04 Å². The van der Waals surface area contributed by atoms with Crippen LogP contribution in [0.5, 0.6) is 0 Å². The van der Waals surface area contributed by atoms with Gasteiger partial charge in [-0.05, 0) is 37.1 Å². The van der Waals surface area contributed by atoms with Gasteiger partial charge in [0.05, 0.1) is 13.2 Å². The second-order valence-electron chi connectivity index (χ2n) is 5.52. The summed E-state index contributed by atoms with van der Waals surface area (Å²) in [7, 11) is 0. The van der Waals surface area contributed by atoms with Crippen LogP contribution in [0.2, 0.25) is 0 Å². The van der Waals surface area contributed by atoms with E-state index in [0.717, 1.165) is 12.8 Å². The van der Waals surface area contributed by atoms with E-state index in [2.05, 4.69) is 21.3 Å². The molecule has 118 valence electrons. The van der Waals surface area contributed by atoms with Crippen molar-refractivity contribution in [3.05, 3.63) is 24.3 Å². The second kappa shape index (κ2) is 6.76. The average Bonchev–Trinajstić information content (AvgIpc) is 3.34. The molecular weight excluding hydrogens is 284 g/mol. The summed E-state index contributed by atoms with van der Waals surface area (Å²) in [6.45, 7) is 1.69. The minimum Gasteiger partial charge on any atom is -0.378 e. The summed E-state index contributed by atoms with van der Waals surface area (Å²) in [4.78, 5) is 23.6. The predicted octanol–water partition coefficient (Wildman–Crippen LogP) is 0.897. The van der Waals surface area contributed by atoms with Gasteiger partial charge in [-0.15, -0.1) is 0 Å². The molecule has 4 N–H and O–H groups in total. The van der Waals surface area contributed by atoms with Crippen LogP contribution in [0.1, 0.15) is 12.8 Å². The number of hydrogen-bond donors (Lipinski definition) is 4. The van der Waals surface area contributed by atoms with Gasteiger partial charge < -0.3 is 26.0 Å². The highest BCUT2D eigenvalue weighted by molar-refractivity contribution is 5.95. The number of amides is 3. The summed E-state index contributed by atoms with van der Waals surface area (Å²) >= 11 is 0. The molecule has 1 unspecified atom stereocenters. The molecule has 0 radical (unpaired) electrons. The monoisotopic (exact) mass is 304 g/mol. The van der Waals surface area contributed by atoms with Gasteiger partial charge in [-0.25, -0.2) is 4.79 Å². The first kappa shape index (κ1) is 14.8. The first-order valence-corrected chi connectivity index (χ1v) is 7.50. The molecule has 1 saturated heterocycles. The number of morpholine rings is 1. The lowest BCUT2D eigenvalue weighted by molar-refractivity contribution is -0.120. The van der Waals surface area contributed by atoms with Crippen molar-refractivity contribution in [2.24, 2.45) is 0 Å². The number of carbonyl (C=O) groups is 2. The molecule has 3 rings (SSSR count). The molecule has 1 saturated carbocycles. The van der Waals surface area contributed by atoms with Gasteiger partial charge in [-0.3, -0.25) is 4.79 Å². The molecule has 2 fully saturated rings. The topological polar surface area (TPSA) is 91.5 Å². The second-order valence-corrected chi connectivity index (χ2v) is 5.52. The summed E-state index contributed by atoms with van der Waals surface area (Å²) in [5.41, 5.74) is 1.38. The van der Waals surface area contributed by atoms with Crippen LogP contribution in [0.3, 0.4) is 0 Å². The fourth-order valence-corrected chi connectivity index (χ4v) is 2.18. The molecule has 0 bridgehead atoms. The molecule has 1 aliphatic heterocycles. The SMILES string of the molecule is O=C(Nc1ccc(NC(=O)C2COCCN2)cc1)NC1CC1. The number of urea groups is 1. The van der Waals surface area contributed by atoms with Gasteiger partial charge in [0.2, 0.25) is 5.91 Å². The lowest BCUT2D eigenvalue weighted by Gasteiger charge is -2.22. The van der Waals surface area contributed by atoms with Gasteiger partial charge in [-0.2, -0.15) is 0 Å². The van der Waals surface area contributed by atoms with E-state index < -0.39 is 0 Å². The average molecular weight is 304 g/mol. The zero-order valence-electron chi connectivity index (χ0n) is 12.2. The normalized spacial score (nSPS) is 21.0. The summed E-state index contributed by atoms with van der Waals surface area (Å²) in [5, 5.41) is 11.5. The zero-order valence-corrected chi connectivity index (χ0v) is 12.2. The van der Waals surface area contributed by atoms with Crippen molar-refractivity contribution < 1.29 is 14.3 Å². The fraction of sp³-hybridized carbons (Fsp3) is 0.467. The highest BCUT2D eigenvalue weighted by Gasteiger charge is 2.23. The van der Waals surface area contributed by atoms with Crippen molar-refractivity contribution in [2.45, 2.75) is 24.9 Å². The summed E-state index contributed by atoms with van der Waals surface area (Å²) < 4.78 is 5.26. The first-order valence-electron chi connectivity index (χ1n) is 7.50. The number of rotatable bonds is 4. The Labute approximate surface area is 128 Å². The maximum Gasteiger partial charge on any atom is 0.319 e. The van der Waals surface area contributed by atoms with E-state index in [1.165, 1.54) is 0 Å². The van der Waals surface area contributed by atoms with Crippen LogP contribution in [-0.2, 0) is 9.53 Å². The molecule has 1 heterocycles. The van der Waals surface area contributed by atoms with Gasteiger partial charge in [0.25, 0.3) is 0 Å². The predicted molar refractivity (Wildman–Crippen MR) is 82.9 cm³/mol. The Kier molecular flexibility index (Phi) is 4.55. The Morgan fingerprint density at radius 1 is 1.09 bits per heavy atom. The van der Waals surface area contributed by atoms with Crippen molar-refractivity contribution in [1.29, 1.82) is 0 Å². The molecule has 1 atom stereocenters. The van der Waals surface area contributed by atoms with E-state index in [-0.39, 0.29) is 18.0 Å². The Morgan fingerprint density at radius 2 is 1.77 bits per heavy atom. The molecule has 1 aromatic rings. The third kappa shape index (κ3) is 4.19. The van der Waals surface area contributed by atoms with E-state index in [1.807, 2.05) is 0 Å². The van der Waals surface area contributed by atoms with Crippen molar-refractivity contribution in [3.8, 4) is 0 Å². The van der Waals surface area contributed by atoms with Gasteiger partial charge in [-0.1, -0.05) is 0 Å². The summed E-state index contributed by atoms with van der Waals surface area (Å²) in [5.74, 6) is -0.119. The third-order valence-electron chi connectivity index (χ3n) is 3.56. The number of benzene rings is 1. The van der Waals surface area contributed by atoms with Gasteiger partial charge >= 0.3 is 6.03 Å². The smallest absolute Gasteiger partial charge is 0.319 e. The van der Waals surface area contributed by atoms with Crippen LogP contribution in [0.4, 0.5) is 16.2 Å². The van der Waals surface area contributed by atoms with Crippen molar-refractivity contribution in [3.63, 3.8) is 0 Å². The first-order chi connectivity index (χ1) is 10.7. The molecule has 1 aliphatic carbocycles.